The first-order valence-electron chi connectivity index (χ1n) is 6.44. The van der Waals surface area contributed by atoms with Gasteiger partial charge in [-0.3, -0.25) is 15.0 Å². The maximum absolute atomic E-state index is 12.3. The molecule has 22 heavy (non-hydrogen) atoms. The molecule has 2 heterocycles. The van der Waals surface area contributed by atoms with E-state index in [1.807, 2.05) is 35.9 Å². The first-order valence-corrected chi connectivity index (χ1v) is 7.66. The number of carbonyl (C=O) groups excluding carboxylic acids is 2. The number of nitrogens with one attached hydrogen (secondary N) is 1. The number of hydrogen-bond donors (Lipinski definition) is 1. The van der Waals surface area contributed by atoms with Gasteiger partial charge in [-0.25, -0.2) is 4.98 Å². The van der Waals surface area contributed by atoms with Gasteiger partial charge in [0.05, 0.1) is 15.9 Å². The van der Waals surface area contributed by atoms with Crippen LogP contribution >= 0.6 is 24.0 Å². The highest BCUT2D eigenvalue weighted by molar-refractivity contribution is 8.26. The summed E-state index contributed by atoms with van der Waals surface area (Å²) in [5.41, 5.74) is 4.25. The lowest BCUT2D eigenvalue weighted by Gasteiger charge is -2.13. The van der Waals surface area contributed by atoms with E-state index in [-0.39, 0.29) is 11.8 Å². The van der Waals surface area contributed by atoms with Gasteiger partial charge in [0.2, 0.25) is 5.91 Å². The third-order valence-electron chi connectivity index (χ3n) is 3.14. The zero-order chi connectivity index (χ0) is 15.9. The second kappa shape index (κ2) is 5.54. The van der Waals surface area contributed by atoms with Crippen LogP contribution in [-0.2, 0) is 16.6 Å². The van der Waals surface area contributed by atoms with Crippen molar-refractivity contribution in [2.24, 2.45) is 7.05 Å². The number of amides is 2. The Labute approximate surface area is 136 Å². The van der Waals surface area contributed by atoms with Crippen molar-refractivity contribution in [3.05, 3.63) is 35.0 Å². The Morgan fingerprint density at radius 1 is 1.41 bits per heavy atom. The highest BCUT2D eigenvalue weighted by atomic mass is 32.2. The van der Waals surface area contributed by atoms with Crippen molar-refractivity contribution in [2.45, 2.75) is 6.92 Å². The first-order chi connectivity index (χ1) is 10.5. The number of para-hydroxylation sites is 2. The molecule has 6 nitrogen and oxygen atoms in total. The summed E-state index contributed by atoms with van der Waals surface area (Å²) >= 11 is 6.25. The van der Waals surface area contributed by atoms with Crippen molar-refractivity contribution in [3.63, 3.8) is 0 Å². The number of carbonyl (C=O) groups is 2. The quantitative estimate of drug-likeness (QED) is 0.671. The fraction of sp³-hybridized carbons (Fsp3) is 0.143. The van der Waals surface area contributed by atoms with Gasteiger partial charge >= 0.3 is 0 Å². The number of thioether (sulfide) groups is 1. The molecule has 1 fully saturated rings. The smallest absolute Gasteiger partial charge is 0.285 e. The Kier molecular flexibility index (Phi) is 3.71. The third-order valence-corrected chi connectivity index (χ3v) is 4.45. The number of imidazole rings is 1. The summed E-state index contributed by atoms with van der Waals surface area (Å²) in [5.74, 6) is -0.0398. The van der Waals surface area contributed by atoms with Crippen LogP contribution in [-0.4, -0.2) is 30.7 Å². The summed E-state index contributed by atoms with van der Waals surface area (Å²) < 4.78 is 2.20. The number of nitrogens with zero attached hydrogens (tertiary/aromatic N) is 3. The van der Waals surface area contributed by atoms with Gasteiger partial charge in [0, 0.05) is 20.0 Å². The lowest BCUT2D eigenvalue weighted by atomic mass is 10.3. The monoisotopic (exact) mass is 332 g/mol. The van der Waals surface area contributed by atoms with E-state index in [0.29, 0.717) is 15.1 Å². The summed E-state index contributed by atoms with van der Waals surface area (Å²) in [6.07, 6.45) is 1.68. The molecule has 0 aliphatic carbocycles. The Hall–Kier alpha value is -2.19. The van der Waals surface area contributed by atoms with E-state index in [4.69, 9.17) is 12.2 Å². The van der Waals surface area contributed by atoms with Crippen molar-refractivity contribution in [2.75, 3.05) is 0 Å². The number of benzene rings is 1. The van der Waals surface area contributed by atoms with Gasteiger partial charge in [0.1, 0.15) is 5.82 Å². The van der Waals surface area contributed by atoms with Crippen LogP contribution in [0.25, 0.3) is 17.1 Å². The Bertz CT molecular complexity index is 840. The van der Waals surface area contributed by atoms with E-state index in [2.05, 4.69) is 10.4 Å². The number of fused-ring (bicyclic) bond motifs is 1. The van der Waals surface area contributed by atoms with Gasteiger partial charge in [-0.05, 0) is 24.4 Å². The predicted octanol–water partition coefficient (Wildman–Crippen LogP) is 1.83. The van der Waals surface area contributed by atoms with Gasteiger partial charge in [0.15, 0.2) is 4.32 Å². The maximum atomic E-state index is 12.3. The summed E-state index contributed by atoms with van der Waals surface area (Å²) in [5, 5.41) is 1.08. The third kappa shape index (κ3) is 2.51. The fourth-order valence-corrected chi connectivity index (χ4v) is 3.28. The van der Waals surface area contributed by atoms with Crippen LogP contribution in [0.1, 0.15) is 12.7 Å². The summed E-state index contributed by atoms with van der Waals surface area (Å²) in [7, 11) is 1.88. The molecule has 0 unspecified atom stereocenters. The number of hydrazine groups is 1. The molecule has 1 aromatic heterocycles. The fourth-order valence-electron chi connectivity index (χ4n) is 2.13. The minimum atomic E-state index is -0.350. The number of aryl methyl sites for hydroxylation is 1. The average molecular weight is 332 g/mol. The zero-order valence-electron chi connectivity index (χ0n) is 11.9. The molecule has 0 bridgehead atoms. The first kappa shape index (κ1) is 14.7. The van der Waals surface area contributed by atoms with Gasteiger partial charge in [-0.2, -0.15) is 5.01 Å². The van der Waals surface area contributed by atoms with Crippen LogP contribution in [0.15, 0.2) is 29.2 Å². The molecule has 0 radical (unpaired) electrons. The molecule has 2 amide bonds. The lowest BCUT2D eigenvalue weighted by molar-refractivity contribution is -0.131. The van der Waals surface area contributed by atoms with Crippen LogP contribution in [0, 0.1) is 0 Å². The molecule has 112 valence electrons. The van der Waals surface area contributed by atoms with Gasteiger partial charge < -0.3 is 4.57 Å². The standard InChI is InChI=1S/C14H12N4O2S2/c1-8(19)16-18-13(20)11(22-14(18)21)7-12-15-9-5-3-4-6-10(9)17(12)2/h3-7H,1-2H3,(H,16,19). The van der Waals surface area contributed by atoms with E-state index < -0.39 is 0 Å². The molecule has 8 heteroatoms. The lowest BCUT2D eigenvalue weighted by Crippen LogP contribution is -2.43. The Morgan fingerprint density at radius 2 is 2.14 bits per heavy atom. The summed E-state index contributed by atoms with van der Waals surface area (Å²) in [6.45, 7) is 1.33. The average Bonchev–Trinajstić information content (AvgIpc) is 2.92. The minimum Gasteiger partial charge on any atom is -0.328 e. The van der Waals surface area contributed by atoms with Crippen LogP contribution in [0.2, 0.25) is 0 Å². The molecule has 0 saturated carbocycles. The molecule has 1 saturated heterocycles. The molecule has 2 aromatic rings. The highest BCUT2D eigenvalue weighted by Crippen LogP contribution is 2.31. The van der Waals surface area contributed by atoms with Gasteiger partial charge in [-0.15, -0.1) is 0 Å². The molecule has 0 atom stereocenters. The van der Waals surface area contributed by atoms with Crippen molar-refractivity contribution < 1.29 is 9.59 Å². The maximum Gasteiger partial charge on any atom is 0.285 e. The number of thiocarbonyl (C=S) groups is 1. The van der Waals surface area contributed by atoms with Gasteiger partial charge in [0.25, 0.3) is 5.91 Å². The van der Waals surface area contributed by atoms with E-state index in [9.17, 15) is 9.59 Å². The van der Waals surface area contributed by atoms with E-state index in [0.717, 1.165) is 27.8 Å². The second-order valence-electron chi connectivity index (χ2n) is 4.70. The molecule has 1 N–H and O–H groups in total. The zero-order valence-corrected chi connectivity index (χ0v) is 13.5. The number of hydrogen-bond acceptors (Lipinski definition) is 5. The molecule has 1 aromatic carbocycles. The molecular formula is C14H12N4O2S2. The largest absolute Gasteiger partial charge is 0.328 e. The minimum absolute atomic E-state index is 0.296. The molecule has 1 aliphatic rings. The predicted molar refractivity (Wildman–Crippen MR) is 89.5 cm³/mol. The summed E-state index contributed by atoms with van der Waals surface area (Å²) in [6, 6.07) is 7.72. The van der Waals surface area contributed by atoms with Crippen LogP contribution in [0.5, 0.6) is 0 Å². The highest BCUT2D eigenvalue weighted by Gasteiger charge is 2.33. The van der Waals surface area contributed by atoms with Crippen molar-refractivity contribution in [1.29, 1.82) is 0 Å². The Morgan fingerprint density at radius 3 is 2.82 bits per heavy atom. The van der Waals surface area contributed by atoms with E-state index in [1.54, 1.807) is 6.08 Å². The van der Waals surface area contributed by atoms with Gasteiger partial charge in [-0.1, -0.05) is 23.9 Å². The molecule has 1 aliphatic heterocycles. The summed E-state index contributed by atoms with van der Waals surface area (Å²) in [4.78, 5) is 28.3. The molecule has 0 spiro atoms. The van der Waals surface area contributed by atoms with Crippen molar-refractivity contribution >= 4 is 57.2 Å². The van der Waals surface area contributed by atoms with Crippen LogP contribution in [0.4, 0.5) is 0 Å². The van der Waals surface area contributed by atoms with Crippen LogP contribution in [0.3, 0.4) is 0 Å². The SMILES string of the molecule is CC(=O)NN1C(=O)C(=Cc2nc3ccccc3n2C)SC1=S. The van der Waals surface area contributed by atoms with Crippen molar-refractivity contribution in [3.8, 4) is 0 Å². The van der Waals surface area contributed by atoms with E-state index >= 15 is 0 Å². The Balaban J connectivity index is 1.98. The number of rotatable bonds is 2. The van der Waals surface area contributed by atoms with E-state index in [1.165, 1.54) is 6.92 Å². The normalized spacial score (nSPS) is 16.8. The topological polar surface area (TPSA) is 67.2 Å². The number of aromatic nitrogens is 2. The van der Waals surface area contributed by atoms with Crippen LogP contribution < -0.4 is 5.43 Å². The molecular weight excluding hydrogens is 320 g/mol. The molecule has 3 rings (SSSR count). The van der Waals surface area contributed by atoms with Crippen molar-refractivity contribution in [1.82, 2.24) is 20.0 Å². The second-order valence-corrected chi connectivity index (χ2v) is 6.38.